The lowest BCUT2D eigenvalue weighted by Gasteiger charge is -2.30. The van der Waals surface area contributed by atoms with E-state index in [0.717, 1.165) is 39.1 Å². The first kappa shape index (κ1) is 33.2. The Morgan fingerprint density at radius 1 is 0.583 bits per heavy atom. The number of phenols is 1. The first-order valence-corrected chi connectivity index (χ1v) is 17.0. The predicted molar refractivity (Wildman–Crippen MR) is 202 cm³/mol. The van der Waals surface area contributed by atoms with Crippen LogP contribution in [0.15, 0.2) is 91.1 Å². The number of nitrogens with zero attached hydrogens (tertiary/aromatic N) is 3. The third kappa shape index (κ3) is 6.17. The number of benzene rings is 4. The maximum atomic E-state index is 11.1. The Bertz CT molecular complexity index is 2140. The van der Waals surface area contributed by atoms with Crippen molar-refractivity contribution in [3.05, 3.63) is 119 Å². The Balaban J connectivity index is 1.73. The zero-order valence-corrected chi connectivity index (χ0v) is 30.4. The Labute approximate surface area is 286 Å². The van der Waals surface area contributed by atoms with E-state index in [1.807, 2.05) is 24.4 Å². The monoisotopic (exact) mass is 635 g/mol. The third-order valence-electron chi connectivity index (χ3n) is 9.26. The summed E-state index contributed by atoms with van der Waals surface area (Å²) < 4.78 is 2.20. The first-order chi connectivity index (χ1) is 22.4. The molecule has 4 heteroatoms. The van der Waals surface area contributed by atoms with Gasteiger partial charge in [0.15, 0.2) is 0 Å². The average molecular weight is 636 g/mol. The number of fused-ring (bicyclic) bond motifs is 1. The van der Waals surface area contributed by atoms with Crippen LogP contribution in [0.25, 0.3) is 50.5 Å². The van der Waals surface area contributed by atoms with Crippen molar-refractivity contribution in [2.45, 2.75) is 92.4 Å². The van der Waals surface area contributed by atoms with Crippen molar-refractivity contribution < 1.29 is 5.11 Å². The molecule has 0 saturated heterocycles. The molecule has 0 saturated carbocycles. The molecule has 246 valence electrons. The number of imidazole rings is 1. The minimum Gasteiger partial charge on any atom is -0.507 e. The van der Waals surface area contributed by atoms with Crippen LogP contribution in [0, 0.1) is 13.8 Å². The average Bonchev–Trinajstić information content (AvgIpc) is 3.38. The molecule has 0 amide bonds. The highest BCUT2D eigenvalue weighted by Gasteiger charge is 2.29. The van der Waals surface area contributed by atoms with Crippen LogP contribution in [-0.4, -0.2) is 19.6 Å². The van der Waals surface area contributed by atoms with E-state index in [4.69, 9.17) is 9.97 Å². The SMILES string of the molecule is Cc1cc(C)cc(-n2c(-c3ccccc3O)nc3c(-c4cc(-c5cc(C(C)(C)C)ccn5)c(C(C)(C)C)cc4C(C)(C)C)cccc32)c1. The normalized spacial score (nSPS) is 12.6. The van der Waals surface area contributed by atoms with Gasteiger partial charge in [0, 0.05) is 23.0 Å². The largest absolute Gasteiger partial charge is 0.507 e. The Morgan fingerprint density at radius 3 is 1.83 bits per heavy atom. The fraction of sp³-hybridized carbons (Fsp3) is 0.318. The van der Waals surface area contributed by atoms with Crippen LogP contribution in [0.1, 0.15) is 90.1 Å². The molecule has 0 spiro atoms. The number of aromatic nitrogens is 3. The van der Waals surface area contributed by atoms with Crippen molar-refractivity contribution in [1.29, 1.82) is 0 Å². The van der Waals surface area contributed by atoms with Crippen LogP contribution in [0.2, 0.25) is 0 Å². The fourth-order valence-electron chi connectivity index (χ4n) is 6.82. The highest BCUT2D eigenvalue weighted by atomic mass is 16.3. The number of pyridine rings is 1. The van der Waals surface area contributed by atoms with Crippen LogP contribution in [0.3, 0.4) is 0 Å². The summed E-state index contributed by atoms with van der Waals surface area (Å²) in [6.07, 6.45) is 1.95. The van der Waals surface area contributed by atoms with Gasteiger partial charge in [-0.2, -0.15) is 0 Å². The van der Waals surface area contributed by atoms with E-state index in [9.17, 15) is 5.11 Å². The minimum atomic E-state index is -0.145. The van der Waals surface area contributed by atoms with Gasteiger partial charge in [0.2, 0.25) is 0 Å². The van der Waals surface area contributed by atoms with E-state index >= 15 is 0 Å². The van der Waals surface area contributed by atoms with Crippen LogP contribution >= 0.6 is 0 Å². The van der Waals surface area contributed by atoms with Gasteiger partial charge in [0.05, 0.1) is 22.3 Å². The molecule has 0 bridgehead atoms. The highest BCUT2D eigenvalue weighted by molar-refractivity contribution is 5.98. The molecule has 4 nitrogen and oxygen atoms in total. The molecule has 1 N–H and O–H groups in total. The van der Waals surface area contributed by atoms with E-state index in [1.165, 1.54) is 27.8 Å². The van der Waals surface area contributed by atoms with Crippen molar-refractivity contribution >= 4 is 11.0 Å². The predicted octanol–water partition coefficient (Wildman–Crippen LogP) is 11.6. The van der Waals surface area contributed by atoms with Gasteiger partial charge in [-0.1, -0.05) is 98.7 Å². The smallest absolute Gasteiger partial charge is 0.149 e. The molecule has 6 rings (SSSR count). The van der Waals surface area contributed by atoms with E-state index in [2.05, 4.69) is 141 Å². The van der Waals surface area contributed by atoms with E-state index in [1.54, 1.807) is 6.07 Å². The molecule has 0 aliphatic rings. The minimum absolute atomic E-state index is 0.000260. The number of rotatable bonds is 4. The van der Waals surface area contributed by atoms with Crippen molar-refractivity contribution in [2.75, 3.05) is 0 Å². The quantitative estimate of drug-likeness (QED) is 0.210. The topological polar surface area (TPSA) is 50.9 Å². The highest BCUT2D eigenvalue weighted by Crippen LogP contribution is 2.45. The standard InChI is InChI=1S/C44H49N3O/c1-27-21-28(2)23-30(22-27)47-38-17-14-16-31(40(38)46-41(47)32-15-12-13-18-39(32)48)33-25-34(37-24-29(19-20-45-37)42(3,4)5)36(44(9,10)11)26-35(33)43(6,7)8/h12-26,48H,1-11H3. The number of aromatic hydroxyl groups is 1. The van der Waals surface area contributed by atoms with Gasteiger partial charge < -0.3 is 5.11 Å². The molecule has 4 aromatic carbocycles. The Morgan fingerprint density at radius 2 is 1.21 bits per heavy atom. The van der Waals surface area contributed by atoms with Gasteiger partial charge in [-0.3, -0.25) is 9.55 Å². The second kappa shape index (κ2) is 11.8. The van der Waals surface area contributed by atoms with Crippen molar-refractivity contribution in [3.63, 3.8) is 0 Å². The first-order valence-electron chi connectivity index (χ1n) is 17.0. The summed E-state index contributed by atoms with van der Waals surface area (Å²) >= 11 is 0. The number of hydrogen-bond donors (Lipinski definition) is 1. The maximum absolute atomic E-state index is 11.1. The lowest BCUT2D eigenvalue weighted by Crippen LogP contribution is -2.19. The third-order valence-corrected chi connectivity index (χ3v) is 9.26. The van der Waals surface area contributed by atoms with E-state index in [-0.39, 0.29) is 22.0 Å². The van der Waals surface area contributed by atoms with Gasteiger partial charge in [0.25, 0.3) is 0 Å². The lowest BCUT2D eigenvalue weighted by molar-refractivity contribution is 0.477. The van der Waals surface area contributed by atoms with Crippen LogP contribution in [0.5, 0.6) is 5.75 Å². The summed E-state index contributed by atoms with van der Waals surface area (Å²) in [6.45, 7) is 24.7. The van der Waals surface area contributed by atoms with Crippen molar-refractivity contribution in [1.82, 2.24) is 14.5 Å². The van der Waals surface area contributed by atoms with Gasteiger partial charge in [0.1, 0.15) is 11.6 Å². The lowest BCUT2D eigenvalue weighted by atomic mass is 9.74. The summed E-state index contributed by atoms with van der Waals surface area (Å²) in [5.74, 6) is 0.918. The van der Waals surface area contributed by atoms with Crippen LogP contribution in [0.4, 0.5) is 0 Å². The molecule has 0 unspecified atom stereocenters. The molecule has 0 atom stereocenters. The Hall–Kier alpha value is -4.70. The number of aryl methyl sites for hydroxylation is 2. The summed E-state index contributed by atoms with van der Waals surface area (Å²) in [5.41, 5.74) is 13.8. The van der Waals surface area contributed by atoms with E-state index < -0.39 is 0 Å². The zero-order chi connectivity index (χ0) is 34.8. The second-order valence-electron chi connectivity index (χ2n) is 16.4. The molecule has 0 aliphatic heterocycles. The summed E-state index contributed by atoms with van der Waals surface area (Å²) in [6, 6.07) is 29.7. The summed E-state index contributed by atoms with van der Waals surface area (Å²) in [7, 11) is 0. The molecule has 0 aliphatic carbocycles. The summed E-state index contributed by atoms with van der Waals surface area (Å²) in [5, 5.41) is 11.1. The molecule has 48 heavy (non-hydrogen) atoms. The number of hydrogen-bond acceptors (Lipinski definition) is 3. The second-order valence-corrected chi connectivity index (χ2v) is 16.4. The van der Waals surface area contributed by atoms with Gasteiger partial charge in [-0.15, -0.1) is 0 Å². The maximum Gasteiger partial charge on any atom is 0.149 e. The molecule has 6 aromatic rings. The molecule has 2 heterocycles. The fourth-order valence-corrected chi connectivity index (χ4v) is 6.82. The molecular weight excluding hydrogens is 587 g/mol. The van der Waals surface area contributed by atoms with Crippen LogP contribution < -0.4 is 0 Å². The van der Waals surface area contributed by atoms with Gasteiger partial charge >= 0.3 is 0 Å². The van der Waals surface area contributed by atoms with Crippen molar-refractivity contribution in [2.24, 2.45) is 0 Å². The Kier molecular flexibility index (Phi) is 8.14. The summed E-state index contributed by atoms with van der Waals surface area (Å²) in [4.78, 5) is 10.3. The van der Waals surface area contributed by atoms with E-state index in [0.29, 0.717) is 11.4 Å². The number of para-hydroxylation sites is 2. The van der Waals surface area contributed by atoms with Gasteiger partial charge in [-0.25, -0.2) is 4.98 Å². The molecule has 2 aromatic heterocycles. The zero-order valence-electron chi connectivity index (χ0n) is 30.4. The van der Waals surface area contributed by atoms with Crippen molar-refractivity contribution in [3.8, 4) is 45.2 Å². The number of phenolic OH excluding ortho intramolecular Hbond substituents is 1. The van der Waals surface area contributed by atoms with Gasteiger partial charge in [-0.05, 0) is 112 Å². The molecule has 0 radical (unpaired) electrons. The molecular formula is C44H49N3O. The molecule has 0 fully saturated rings. The van der Waals surface area contributed by atoms with Crippen LogP contribution in [-0.2, 0) is 16.2 Å².